The maximum atomic E-state index is 3.16. The summed E-state index contributed by atoms with van der Waals surface area (Å²) in [6.45, 7) is 6.30. The second-order valence-corrected chi connectivity index (χ2v) is 2.87. The van der Waals surface area contributed by atoms with E-state index < -0.39 is 0 Å². The number of rotatable bonds is 3. The van der Waals surface area contributed by atoms with Crippen molar-refractivity contribution in [2.45, 2.75) is 33.2 Å². The van der Waals surface area contributed by atoms with Gasteiger partial charge >= 0.3 is 0 Å². The molecule has 0 spiro atoms. The molecule has 0 heterocycles. The van der Waals surface area contributed by atoms with Crippen LogP contribution in [0.1, 0.15) is 27.2 Å². The number of hydrogen-bond donors (Lipinski definition) is 1. The van der Waals surface area contributed by atoms with Gasteiger partial charge < -0.3 is 5.32 Å². The summed E-state index contributed by atoms with van der Waals surface area (Å²) in [7, 11) is 1.96. The molecule has 0 aliphatic rings. The molecule has 1 N–H and O–H groups in total. The Hall–Kier alpha value is -0.480. The molecule has 1 heteroatoms. The largest absolute Gasteiger partial charge is 0.307 e. The van der Waals surface area contributed by atoms with Crippen LogP contribution in [0.25, 0.3) is 0 Å². The Bertz CT molecular complexity index is 127. The predicted molar refractivity (Wildman–Crippen MR) is 45.8 cm³/mol. The zero-order valence-corrected chi connectivity index (χ0v) is 7.36. The third-order valence-electron chi connectivity index (χ3n) is 1.37. The normalized spacial score (nSPS) is 12.5. The van der Waals surface area contributed by atoms with Gasteiger partial charge in [-0.15, -0.1) is 5.92 Å². The number of hydrogen-bond acceptors (Lipinski definition) is 1. The van der Waals surface area contributed by atoms with Gasteiger partial charge in [-0.3, -0.25) is 0 Å². The van der Waals surface area contributed by atoms with E-state index in [1.807, 2.05) is 14.0 Å². The number of nitrogens with one attached hydrogen (secondary N) is 1. The highest BCUT2D eigenvalue weighted by Gasteiger charge is 2.02. The highest BCUT2D eigenvalue weighted by atomic mass is 14.9. The first-order valence-corrected chi connectivity index (χ1v) is 3.80. The summed E-state index contributed by atoms with van der Waals surface area (Å²) in [6, 6.07) is 0.380. The molecular formula is C9H17N. The van der Waals surface area contributed by atoms with E-state index in [1.165, 1.54) is 0 Å². The van der Waals surface area contributed by atoms with Gasteiger partial charge in [0.25, 0.3) is 0 Å². The van der Waals surface area contributed by atoms with Crippen molar-refractivity contribution < 1.29 is 0 Å². The minimum absolute atomic E-state index is 0.380. The van der Waals surface area contributed by atoms with Crippen LogP contribution in [-0.2, 0) is 0 Å². The van der Waals surface area contributed by atoms with E-state index in [-0.39, 0.29) is 0 Å². The van der Waals surface area contributed by atoms with Crippen molar-refractivity contribution in [3.8, 4) is 11.8 Å². The fourth-order valence-corrected chi connectivity index (χ4v) is 0.895. The predicted octanol–water partition coefficient (Wildman–Crippen LogP) is 1.64. The first-order valence-electron chi connectivity index (χ1n) is 3.80. The molecule has 0 aromatic heterocycles. The zero-order valence-electron chi connectivity index (χ0n) is 7.36. The van der Waals surface area contributed by atoms with E-state index in [9.17, 15) is 0 Å². The van der Waals surface area contributed by atoms with Gasteiger partial charge in [-0.25, -0.2) is 0 Å². The van der Waals surface area contributed by atoms with Crippen LogP contribution < -0.4 is 5.32 Å². The van der Waals surface area contributed by atoms with Crippen LogP contribution in [0.2, 0.25) is 0 Å². The van der Waals surface area contributed by atoms with Gasteiger partial charge in [-0.05, 0) is 26.3 Å². The van der Waals surface area contributed by atoms with Crippen molar-refractivity contribution in [3.63, 3.8) is 0 Å². The summed E-state index contributed by atoms with van der Waals surface area (Å²) >= 11 is 0. The van der Waals surface area contributed by atoms with Crippen molar-refractivity contribution >= 4 is 0 Å². The third-order valence-corrected chi connectivity index (χ3v) is 1.37. The van der Waals surface area contributed by atoms with Gasteiger partial charge in [-0.2, -0.15) is 0 Å². The van der Waals surface area contributed by atoms with Crippen LogP contribution in [0.5, 0.6) is 0 Å². The van der Waals surface area contributed by atoms with Crippen molar-refractivity contribution in [3.05, 3.63) is 0 Å². The summed E-state index contributed by atoms with van der Waals surface area (Å²) in [5.74, 6) is 6.73. The second kappa shape index (κ2) is 5.32. The highest BCUT2D eigenvalue weighted by Crippen LogP contribution is 2.02. The Balaban J connectivity index is 3.68. The summed E-state index contributed by atoms with van der Waals surface area (Å²) in [5.41, 5.74) is 0. The van der Waals surface area contributed by atoms with Crippen LogP contribution in [0.15, 0.2) is 0 Å². The van der Waals surface area contributed by atoms with Crippen molar-refractivity contribution in [2.24, 2.45) is 5.92 Å². The molecule has 1 unspecified atom stereocenters. The maximum Gasteiger partial charge on any atom is 0.0689 e. The molecule has 10 heavy (non-hydrogen) atoms. The fraction of sp³-hybridized carbons (Fsp3) is 0.778. The van der Waals surface area contributed by atoms with Crippen molar-refractivity contribution in [2.75, 3.05) is 7.05 Å². The molecule has 0 saturated carbocycles. The van der Waals surface area contributed by atoms with E-state index in [1.54, 1.807) is 0 Å². The Morgan fingerprint density at radius 1 is 1.40 bits per heavy atom. The molecule has 0 aliphatic heterocycles. The average molecular weight is 139 g/mol. The van der Waals surface area contributed by atoms with Crippen molar-refractivity contribution in [1.29, 1.82) is 0 Å². The minimum Gasteiger partial charge on any atom is -0.307 e. The summed E-state index contributed by atoms with van der Waals surface area (Å²) in [5, 5.41) is 3.16. The Morgan fingerprint density at radius 2 is 2.00 bits per heavy atom. The molecule has 0 fully saturated rings. The lowest BCUT2D eigenvalue weighted by atomic mass is 10.0. The SMILES string of the molecule is CC#CC(CC(C)C)NC. The third kappa shape index (κ3) is 4.40. The highest BCUT2D eigenvalue weighted by molar-refractivity contribution is 5.05. The van der Waals surface area contributed by atoms with E-state index >= 15 is 0 Å². The average Bonchev–Trinajstić information content (AvgIpc) is 1.86. The van der Waals surface area contributed by atoms with Crippen LogP contribution in [0.4, 0.5) is 0 Å². The molecule has 0 rings (SSSR count). The quantitative estimate of drug-likeness (QED) is 0.586. The van der Waals surface area contributed by atoms with E-state index in [0.717, 1.165) is 12.3 Å². The molecule has 0 amide bonds. The smallest absolute Gasteiger partial charge is 0.0689 e. The molecule has 0 saturated heterocycles. The Labute approximate surface area is 64.2 Å². The van der Waals surface area contributed by atoms with Gasteiger partial charge in [0.15, 0.2) is 0 Å². The molecular weight excluding hydrogens is 122 g/mol. The summed E-state index contributed by atoms with van der Waals surface area (Å²) in [6.07, 6.45) is 1.14. The minimum atomic E-state index is 0.380. The molecule has 0 aliphatic carbocycles. The molecule has 58 valence electrons. The van der Waals surface area contributed by atoms with Crippen LogP contribution in [0, 0.1) is 17.8 Å². The lowest BCUT2D eigenvalue weighted by Gasteiger charge is -2.10. The molecule has 0 aromatic rings. The molecule has 0 radical (unpaired) electrons. The maximum absolute atomic E-state index is 3.16. The van der Waals surface area contributed by atoms with E-state index in [2.05, 4.69) is 31.0 Å². The van der Waals surface area contributed by atoms with E-state index in [0.29, 0.717) is 6.04 Å². The van der Waals surface area contributed by atoms with E-state index in [4.69, 9.17) is 0 Å². The zero-order chi connectivity index (χ0) is 7.98. The lowest BCUT2D eigenvalue weighted by molar-refractivity contribution is 0.509. The first-order chi connectivity index (χ1) is 4.70. The Kier molecular flexibility index (Phi) is 5.06. The Morgan fingerprint density at radius 3 is 2.30 bits per heavy atom. The van der Waals surface area contributed by atoms with Gasteiger partial charge in [-0.1, -0.05) is 19.8 Å². The van der Waals surface area contributed by atoms with Crippen LogP contribution >= 0.6 is 0 Å². The van der Waals surface area contributed by atoms with Crippen LogP contribution in [-0.4, -0.2) is 13.1 Å². The molecule has 0 bridgehead atoms. The molecule has 0 aromatic carbocycles. The van der Waals surface area contributed by atoms with Crippen LogP contribution in [0.3, 0.4) is 0 Å². The lowest BCUT2D eigenvalue weighted by Crippen LogP contribution is -2.24. The topological polar surface area (TPSA) is 12.0 Å². The standard InChI is InChI=1S/C9H17N/c1-5-6-9(10-4)7-8(2)3/h8-10H,7H2,1-4H3. The first kappa shape index (κ1) is 9.52. The molecule has 1 atom stereocenters. The van der Waals surface area contributed by atoms with Gasteiger partial charge in [0.05, 0.1) is 6.04 Å². The summed E-state index contributed by atoms with van der Waals surface area (Å²) in [4.78, 5) is 0. The van der Waals surface area contributed by atoms with Gasteiger partial charge in [0.1, 0.15) is 0 Å². The second-order valence-electron chi connectivity index (χ2n) is 2.87. The monoisotopic (exact) mass is 139 g/mol. The van der Waals surface area contributed by atoms with Gasteiger partial charge in [0, 0.05) is 0 Å². The molecule has 1 nitrogen and oxygen atoms in total. The summed E-state index contributed by atoms with van der Waals surface area (Å²) < 4.78 is 0. The van der Waals surface area contributed by atoms with Gasteiger partial charge in [0.2, 0.25) is 0 Å². The van der Waals surface area contributed by atoms with Crippen molar-refractivity contribution in [1.82, 2.24) is 5.32 Å². The fourth-order valence-electron chi connectivity index (χ4n) is 0.895.